The van der Waals surface area contributed by atoms with Gasteiger partial charge in [-0.15, -0.1) is 0 Å². The molecule has 0 aliphatic heterocycles. The lowest BCUT2D eigenvalue weighted by Gasteiger charge is -2.17. The van der Waals surface area contributed by atoms with Crippen LogP contribution in [0, 0.1) is 17.7 Å². The summed E-state index contributed by atoms with van der Waals surface area (Å²) < 4.78 is 12.8. The first kappa shape index (κ1) is 14.1. The Kier molecular flexibility index (Phi) is 5.09. The average molecular weight is 258 g/mol. The minimum absolute atomic E-state index is 0.0519. The summed E-state index contributed by atoms with van der Waals surface area (Å²) >= 11 is 5.88. The van der Waals surface area contributed by atoms with Gasteiger partial charge in [-0.3, -0.25) is 4.79 Å². The summed E-state index contributed by atoms with van der Waals surface area (Å²) in [6.07, 6.45) is 0.207. The third kappa shape index (κ3) is 3.79. The summed E-state index contributed by atoms with van der Waals surface area (Å²) in [4.78, 5) is 12.0. The minimum Gasteiger partial charge on any atom is -0.330 e. The lowest BCUT2D eigenvalue weighted by molar-refractivity contribution is -0.123. The van der Waals surface area contributed by atoms with Gasteiger partial charge >= 0.3 is 0 Å². The largest absolute Gasteiger partial charge is 0.330 e. The van der Waals surface area contributed by atoms with Crippen molar-refractivity contribution < 1.29 is 9.18 Å². The van der Waals surface area contributed by atoms with Gasteiger partial charge in [0, 0.05) is 23.9 Å². The van der Waals surface area contributed by atoms with Crippen LogP contribution in [0.3, 0.4) is 0 Å². The second-order valence-corrected chi connectivity index (χ2v) is 4.87. The van der Waals surface area contributed by atoms with Crippen molar-refractivity contribution in [1.82, 2.24) is 0 Å². The van der Waals surface area contributed by atoms with Crippen molar-refractivity contribution in [3.63, 3.8) is 0 Å². The van der Waals surface area contributed by atoms with Crippen molar-refractivity contribution >= 4 is 17.4 Å². The fraction of sp³-hybridized carbons (Fsp3) is 0.462. The molecule has 2 N–H and O–H groups in total. The molecule has 0 aliphatic carbocycles. The molecular formula is C13H17ClFNO. The molecule has 0 aliphatic rings. The topological polar surface area (TPSA) is 43.1 Å². The number of carbonyl (C=O) groups is 1. The molecule has 2 nitrogen and oxygen atoms in total. The molecule has 1 rings (SSSR count). The van der Waals surface area contributed by atoms with Crippen LogP contribution in [0.25, 0.3) is 0 Å². The number of nitrogens with two attached hydrogens (primary N) is 1. The van der Waals surface area contributed by atoms with E-state index >= 15 is 0 Å². The van der Waals surface area contributed by atoms with Gasteiger partial charge in [-0.25, -0.2) is 4.39 Å². The van der Waals surface area contributed by atoms with Gasteiger partial charge in [0.05, 0.1) is 0 Å². The van der Waals surface area contributed by atoms with Crippen LogP contribution in [0.2, 0.25) is 5.02 Å². The summed E-state index contributed by atoms with van der Waals surface area (Å²) in [6, 6.07) is 4.07. The molecule has 0 fully saturated rings. The zero-order valence-electron chi connectivity index (χ0n) is 10.0. The Morgan fingerprint density at radius 3 is 2.59 bits per heavy atom. The van der Waals surface area contributed by atoms with Crippen molar-refractivity contribution in [2.45, 2.75) is 20.3 Å². The monoisotopic (exact) mass is 257 g/mol. The van der Waals surface area contributed by atoms with Crippen LogP contribution in [0.15, 0.2) is 18.2 Å². The zero-order chi connectivity index (χ0) is 13.0. The van der Waals surface area contributed by atoms with Crippen molar-refractivity contribution in [3.8, 4) is 0 Å². The number of benzene rings is 1. The van der Waals surface area contributed by atoms with E-state index in [1.54, 1.807) is 6.07 Å². The Bertz CT molecular complexity index is 406. The van der Waals surface area contributed by atoms with Gasteiger partial charge in [0.25, 0.3) is 0 Å². The fourth-order valence-corrected chi connectivity index (χ4v) is 1.99. The smallest absolute Gasteiger partial charge is 0.141 e. The fourth-order valence-electron chi connectivity index (χ4n) is 1.76. The highest BCUT2D eigenvalue weighted by atomic mass is 35.5. The maximum atomic E-state index is 12.8. The molecule has 1 aromatic carbocycles. The molecule has 0 saturated carbocycles. The Hall–Kier alpha value is -0.930. The molecule has 0 aromatic heterocycles. The van der Waals surface area contributed by atoms with Crippen molar-refractivity contribution in [2.24, 2.45) is 17.6 Å². The van der Waals surface area contributed by atoms with E-state index < -0.39 is 5.82 Å². The maximum absolute atomic E-state index is 12.8. The Labute approximate surface area is 106 Å². The standard InChI is InChI=1S/C13H17ClFNO/c1-8(2)11(7-16)13(17)5-9-3-4-10(15)6-12(9)14/h3-4,6,8,11H,5,7,16H2,1-2H3. The first-order valence-corrected chi connectivity index (χ1v) is 6.00. The van der Waals surface area contributed by atoms with Crippen LogP contribution in [0.4, 0.5) is 4.39 Å². The van der Waals surface area contributed by atoms with Crippen molar-refractivity contribution in [1.29, 1.82) is 0 Å². The number of carbonyl (C=O) groups excluding carboxylic acids is 1. The van der Waals surface area contributed by atoms with Crippen LogP contribution < -0.4 is 5.73 Å². The van der Waals surface area contributed by atoms with Crippen molar-refractivity contribution in [2.75, 3.05) is 6.54 Å². The Balaban J connectivity index is 2.80. The summed E-state index contributed by atoms with van der Waals surface area (Å²) in [6.45, 7) is 4.25. The molecule has 94 valence electrons. The Morgan fingerprint density at radius 1 is 1.47 bits per heavy atom. The van der Waals surface area contributed by atoms with Gasteiger partial charge in [0.2, 0.25) is 0 Å². The molecule has 1 aromatic rings. The highest BCUT2D eigenvalue weighted by Gasteiger charge is 2.21. The molecular weight excluding hydrogens is 241 g/mol. The molecule has 0 amide bonds. The van der Waals surface area contributed by atoms with Crippen molar-refractivity contribution in [3.05, 3.63) is 34.6 Å². The quantitative estimate of drug-likeness (QED) is 0.881. The molecule has 0 bridgehead atoms. The van der Waals surface area contributed by atoms with E-state index in [4.69, 9.17) is 17.3 Å². The van der Waals surface area contributed by atoms with E-state index in [1.165, 1.54) is 12.1 Å². The molecule has 0 saturated heterocycles. The molecule has 0 heterocycles. The highest BCUT2D eigenvalue weighted by molar-refractivity contribution is 6.31. The third-order valence-electron chi connectivity index (χ3n) is 2.85. The van der Waals surface area contributed by atoms with Gasteiger partial charge in [0.1, 0.15) is 11.6 Å². The maximum Gasteiger partial charge on any atom is 0.141 e. The normalized spacial score (nSPS) is 12.8. The number of ketones is 1. The average Bonchev–Trinajstić information content (AvgIpc) is 2.22. The number of rotatable bonds is 5. The predicted octanol–water partition coefficient (Wildman–Crippen LogP) is 2.82. The first-order valence-electron chi connectivity index (χ1n) is 5.62. The van der Waals surface area contributed by atoms with E-state index in [0.717, 1.165) is 0 Å². The third-order valence-corrected chi connectivity index (χ3v) is 3.20. The lowest BCUT2D eigenvalue weighted by Crippen LogP contribution is -2.29. The number of Topliss-reactive ketones (excluding diaryl/α,β-unsaturated/α-hetero) is 1. The molecule has 0 spiro atoms. The number of hydrogen-bond acceptors (Lipinski definition) is 2. The summed E-state index contributed by atoms with van der Waals surface area (Å²) in [5.41, 5.74) is 6.23. The predicted molar refractivity (Wildman–Crippen MR) is 67.5 cm³/mol. The molecule has 1 atom stereocenters. The van der Waals surface area contributed by atoms with Crippen LogP contribution in [-0.4, -0.2) is 12.3 Å². The zero-order valence-corrected chi connectivity index (χ0v) is 10.8. The van der Waals surface area contributed by atoms with E-state index in [2.05, 4.69) is 0 Å². The minimum atomic E-state index is -0.398. The Morgan fingerprint density at radius 2 is 2.12 bits per heavy atom. The first-order chi connectivity index (χ1) is 7.95. The van der Waals surface area contributed by atoms with E-state index in [1.807, 2.05) is 13.8 Å². The van der Waals surface area contributed by atoms with Gasteiger partial charge in [-0.05, 0) is 23.6 Å². The summed E-state index contributed by atoms with van der Waals surface area (Å²) in [5.74, 6) is -0.315. The summed E-state index contributed by atoms with van der Waals surface area (Å²) in [5, 5.41) is 0.290. The van der Waals surface area contributed by atoms with Crippen LogP contribution in [0.1, 0.15) is 19.4 Å². The second kappa shape index (κ2) is 6.12. The van der Waals surface area contributed by atoms with Gasteiger partial charge in [-0.1, -0.05) is 31.5 Å². The van der Waals surface area contributed by atoms with E-state index in [-0.39, 0.29) is 29.1 Å². The SMILES string of the molecule is CC(C)C(CN)C(=O)Cc1ccc(F)cc1Cl. The second-order valence-electron chi connectivity index (χ2n) is 4.47. The molecule has 1 unspecified atom stereocenters. The van der Waals surface area contributed by atoms with Gasteiger partial charge < -0.3 is 5.73 Å². The highest BCUT2D eigenvalue weighted by Crippen LogP contribution is 2.20. The summed E-state index contributed by atoms with van der Waals surface area (Å²) in [7, 11) is 0. The van der Waals surface area contributed by atoms with Crippen LogP contribution >= 0.6 is 11.6 Å². The molecule has 0 radical (unpaired) electrons. The number of halogens is 2. The van der Waals surface area contributed by atoms with Gasteiger partial charge in [-0.2, -0.15) is 0 Å². The van der Waals surface area contributed by atoms with Crippen LogP contribution in [0.5, 0.6) is 0 Å². The van der Waals surface area contributed by atoms with E-state index in [9.17, 15) is 9.18 Å². The number of hydrogen-bond donors (Lipinski definition) is 1. The molecule has 17 heavy (non-hydrogen) atoms. The van der Waals surface area contributed by atoms with Crippen LogP contribution in [-0.2, 0) is 11.2 Å². The lowest BCUT2D eigenvalue weighted by atomic mass is 9.88. The van der Waals surface area contributed by atoms with E-state index in [0.29, 0.717) is 12.1 Å². The molecule has 4 heteroatoms. The van der Waals surface area contributed by atoms with Gasteiger partial charge in [0.15, 0.2) is 0 Å².